The van der Waals surface area contributed by atoms with E-state index in [0.717, 1.165) is 0 Å². The van der Waals surface area contributed by atoms with Gasteiger partial charge in [0.1, 0.15) is 11.6 Å². The molecule has 0 aliphatic carbocycles. The zero-order chi connectivity index (χ0) is 11.5. The molecule has 0 bridgehead atoms. The average Bonchev–Trinajstić information content (AvgIpc) is 2.24. The Labute approximate surface area is 102 Å². The summed E-state index contributed by atoms with van der Waals surface area (Å²) < 4.78 is 5.35. The van der Waals surface area contributed by atoms with E-state index in [1.807, 2.05) is 0 Å². The molecule has 1 heterocycles. The summed E-state index contributed by atoms with van der Waals surface area (Å²) in [7, 11) is 0. The molecular formula is C10H7Cl2N3O. The minimum Gasteiger partial charge on any atom is -0.424 e. The van der Waals surface area contributed by atoms with Gasteiger partial charge in [-0.2, -0.15) is 4.98 Å². The van der Waals surface area contributed by atoms with Crippen molar-refractivity contribution >= 4 is 29.0 Å². The van der Waals surface area contributed by atoms with E-state index in [4.69, 9.17) is 33.7 Å². The Hall–Kier alpha value is -1.52. The molecule has 0 saturated heterocycles. The van der Waals surface area contributed by atoms with Gasteiger partial charge in [0, 0.05) is 12.3 Å². The summed E-state index contributed by atoms with van der Waals surface area (Å²) >= 11 is 11.6. The Bertz CT molecular complexity index is 519. The lowest BCUT2D eigenvalue weighted by atomic mass is 10.3. The minimum atomic E-state index is 0.165. The van der Waals surface area contributed by atoms with E-state index in [1.165, 1.54) is 6.20 Å². The number of anilines is 1. The number of benzene rings is 1. The van der Waals surface area contributed by atoms with E-state index in [0.29, 0.717) is 21.6 Å². The molecule has 0 unspecified atom stereocenters. The molecule has 6 heteroatoms. The Balaban J connectivity index is 2.24. The summed E-state index contributed by atoms with van der Waals surface area (Å²) in [5.41, 5.74) is 5.49. The van der Waals surface area contributed by atoms with Crippen molar-refractivity contribution in [3.8, 4) is 11.8 Å². The molecule has 0 radical (unpaired) electrons. The molecular weight excluding hydrogens is 249 g/mol. The van der Waals surface area contributed by atoms with Gasteiger partial charge in [-0.1, -0.05) is 23.2 Å². The van der Waals surface area contributed by atoms with Crippen LogP contribution in [-0.2, 0) is 0 Å². The fourth-order valence-electron chi connectivity index (χ4n) is 1.05. The third-order valence-electron chi connectivity index (χ3n) is 1.76. The maximum Gasteiger partial charge on any atom is 0.323 e. The summed E-state index contributed by atoms with van der Waals surface area (Å²) in [4.78, 5) is 7.79. The monoisotopic (exact) mass is 255 g/mol. The van der Waals surface area contributed by atoms with Gasteiger partial charge in [0.05, 0.1) is 10.0 Å². The molecule has 0 amide bonds. The number of ether oxygens (including phenoxy) is 1. The van der Waals surface area contributed by atoms with Crippen molar-refractivity contribution in [1.82, 2.24) is 9.97 Å². The molecule has 2 aromatic rings. The third kappa shape index (κ3) is 2.53. The van der Waals surface area contributed by atoms with Crippen molar-refractivity contribution < 1.29 is 4.74 Å². The SMILES string of the molecule is Nc1ccnc(Oc2ccc(Cl)c(Cl)c2)n1. The largest absolute Gasteiger partial charge is 0.424 e. The van der Waals surface area contributed by atoms with Crippen molar-refractivity contribution in [1.29, 1.82) is 0 Å². The molecule has 82 valence electrons. The highest BCUT2D eigenvalue weighted by Gasteiger charge is 2.03. The first-order valence-electron chi connectivity index (χ1n) is 4.36. The minimum absolute atomic E-state index is 0.165. The van der Waals surface area contributed by atoms with E-state index in [1.54, 1.807) is 24.3 Å². The normalized spacial score (nSPS) is 10.1. The molecule has 1 aromatic carbocycles. The molecule has 0 atom stereocenters. The molecule has 0 spiro atoms. The van der Waals surface area contributed by atoms with Crippen LogP contribution in [-0.4, -0.2) is 9.97 Å². The number of nitrogens with zero attached hydrogens (tertiary/aromatic N) is 2. The van der Waals surface area contributed by atoms with E-state index in [9.17, 15) is 0 Å². The third-order valence-corrected chi connectivity index (χ3v) is 2.49. The van der Waals surface area contributed by atoms with Gasteiger partial charge in [-0.3, -0.25) is 0 Å². The smallest absolute Gasteiger partial charge is 0.323 e. The van der Waals surface area contributed by atoms with Crippen molar-refractivity contribution in [2.24, 2.45) is 0 Å². The second kappa shape index (κ2) is 4.55. The predicted molar refractivity (Wildman–Crippen MR) is 63.0 cm³/mol. The molecule has 0 aliphatic heterocycles. The quantitative estimate of drug-likeness (QED) is 0.896. The van der Waals surface area contributed by atoms with Crippen LogP contribution in [0.25, 0.3) is 0 Å². The van der Waals surface area contributed by atoms with E-state index >= 15 is 0 Å². The molecule has 4 nitrogen and oxygen atoms in total. The lowest BCUT2D eigenvalue weighted by Crippen LogP contribution is -1.95. The van der Waals surface area contributed by atoms with E-state index in [2.05, 4.69) is 9.97 Å². The fraction of sp³-hybridized carbons (Fsp3) is 0. The highest BCUT2D eigenvalue weighted by atomic mass is 35.5. The van der Waals surface area contributed by atoms with E-state index < -0.39 is 0 Å². The van der Waals surface area contributed by atoms with Crippen molar-refractivity contribution in [2.45, 2.75) is 0 Å². The Morgan fingerprint density at radius 1 is 1.12 bits per heavy atom. The number of rotatable bonds is 2. The van der Waals surface area contributed by atoms with Crippen LogP contribution in [0.4, 0.5) is 5.82 Å². The predicted octanol–water partition coefficient (Wildman–Crippen LogP) is 3.16. The highest BCUT2D eigenvalue weighted by molar-refractivity contribution is 6.42. The first-order chi connectivity index (χ1) is 7.65. The van der Waals surface area contributed by atoms with Gasteiger partial charge in [0.2, 0.25) is 0 Å². The van der Waals surface area contributed by atoms with Crippen LogP contribution in [0.3, 0.4) is 0 Å². The summed E-state index contributed by atoms with van der Waals surface area (Å²) in [6.07, 6.45) is 1.51. The van der Waals surface area contributed by atoms with Crippen LogP contribution >= 0.6 is 23.2 Å². The molecule has 0 fully saturated rings. The van der Waals surface area contributed by atoms with Crippen molar-refractivity contribution in [3.63, 3.8) is 0 Å². The summed E-state index contributed by atoms with van der Waals surface area (Å²) in [6, 6.07) is 6.61. The highest BCUT2D eigenvalue weighted by Crippen LogP contribution is 2.28. The second-order valence-electron chi connectivity index (χ2n) is 2.94. The molecule has 0 aliphatic rings. The number of nitrogen functional groups attached to an aromatic ring is 1. The first-order valence-corrected chi connectivity index (χ1v) is 5.12. The molecule has 2 rings (SSSR count). The van der Waals surface area contributed by atoms with Crippen molar-refractivity contribution in [3.05, 3.63) is 40.5 Å². The molecule has 1 aromatic heterocycles. The summed E-state index contributed by atoms with van der Waals surface area (Å²) in [5.74, 6) is 0.838. The van der Waals surface area contributed by atoms with Gasteiger partial charge < -0.3 is 10.5 Å². The maximum absolute atomic E-state index is 5.83. The molecule has 2 N–H and O–H groups in total. The number of hydrogen-bond acceptors (Lipinski definition) is 4. The first kappa shape index (κ1) is 11.0. The van der Waals surface area contributed by atoms with Crippen LogP contribution in [0.15, 0.2) is 30.5 Å². The molecule has 0 saturated carbocycles. The second-order valence-corrected chi connectivity index (χ2v) is 3.76. The lowest BCUT2D eigenvalue weighted by Gasteiger charge is -2.04. The Kier molecular flexibility index (Phi) is 3.12. The van der Waals surface area contributed by atoms with E-state index in [-0.39, 0.29) is 6.01 Å². The lowest BCUT2D eigenvalue weighted by molar-refractivity contribution is 0.443. The number of halogens is 2. The Morgan fingerprint density at radius 3 is 2.62 bits per heavy atom. The topological polar surface area (TPSA) is 61.0 Å². The van der Waals surface area contributed by atoms with Crippen LogP contribution in [0.5, 0.6) is 11.8 Å². The van der Waals surface area contributed by atoms with Crippen LogP contribution in [0.1, 0.15) is 0 Å². The van der Waals surface area contributed by atoms with Gasteiger partial charge in [0.25, 0.3) is 0 Å². The standard InChI is InChI=1S/C10H7Cl2N3O/c11-7-2-1-6(5-8(7)12)16-10-14-4-3-9(13)15-10/h1-5H,(H2,13,14,15). The summed E-state index contributed by atoms with van der Waals surface area (Å²) in [5, 5.41) is 0.866. The zero-order valence-electron chi connectivity index (χ0n) is 8.02. The Morgan fingerprint density at radius 2 is 1.94 bits per heavy atom. The number of hydrogen-bond donors (Lipinski definition) is 1. The van der Waals surface area contributed by atoms with Gasteiger partial charge in [-0.25, -0.2) is 4.98 Å². The van der Waals surface area contributed by atoms with Crippen LogP contribution < -0.4 is 10.5 Å². The van der Waals surface area contributed by atoms with Gasteiger partial charge in [0.15, 0.2) is 0 Å². The van der Waals surface area contributed by atoms with Crippen molar-refractivity contribution in [2.75, 3.05) is 5.73 Å². The number of aromatic nitrogens is 2. The maximum atomic E-state index is 5.83. The summed E-state index contributed by atoms with van der Waals surface area (Å²) in [6.45, 7) is 0. The number of nitrogens with two attached hydrogens (primary N) is 1. The average molecular weight is 256 g/mol. The fourth-order valence-corrected chi connectivity index (χ4v) is 1.34. The zero-order valence-corrected chi connectivity index (χ0v) is 9.53. The van der Waals surface area contributed by atoms with Gasteiger partial charge in [-0.05, 0) is 18.2 Å². The van der Waals surface area contributed by atoms with Gasteiger partial charge in [-0.15, -0.1) is 0 Å². The molecule has 16 heavy (non-hydrogen) atoms. The van der Waals surface area contributed by atoms with Crippen LogP contribution in [0, 0.1) is 0 Å². The van der Waals surface area contributed by atoms with Crippen LogP contribution in [0.2, 0.25) is 10.0 Å². The van der Waals surface area contributed by atoms with Gasteiger partial charge >= 0.3 is 6.01 Å².